The molecule has 5 nitrogen and oxygen atoms in total. The molecule has 2 aromatic carbocycles. The minimum Gasteiger partial charge on any atom is -0.345 e. The number of para-hydroxylation sites is 1. The fraction of sp³-hybridized carbons (Fsp3) is 0.300. The van der Waals surface area contributed by atoms with Crippen molar-refractivity contribution in [3.05, 3.63) is 48.0 Å². The average molecular weight is 399 g/mol. The van der Waals surface area contributed by atoms with Gasteiger partial charge in [-0.1, -0.05) is 29.5 Å². The quantitative estimate of drug-likeness (QED) is 0.651. The number of piperazine rings is 1. The summed E-state index contributed by atoms with van der Waals surface area (Å²) in [5.74, 6) is 0. The highest BCUT2D eigenvalue weighted by Crippen LogP contribution is 2.34. The molecule has 0 aliphatic carbocycles. The number of thioether (sulfide) groups is 1. The maximum absolute atomic E-state index is 12.5. The predicted octanol–water partition coefficient (Wildman–Crippen LogP) is 4.68. The largest absolute Gasteiger partial charge is 0.345 e. The van der Waals surface area contributed by atoms with Crippen LogP contribution in [0.25, 0.3) is 10.2 Å². The number of carbonyl (C=O) groups is 1. The first-order valence-electron chi connectivity index (χ1n) is 8.95. The van der Waals surface area contributed by atoms with Crippen LogP contribution in [-0.4, -0.2) is 48.3 Å². The zero-order chi connectivity index (χ0) is 18.8. The molecule has 140 valence electrons. The Kier molecular flexibility index (Phi) is 5.22. The van der Waals surface area contributed by atoms with Crippen molar-refractivity contribution in [1.29, 1.82) is 0 Å². The summed E-state index contributed by atoms with van der Waals surface area (Å²) >= 11 is 3.46. The summed E-state index contributed by atoms with van der Waals surface area (Å²) in [6, 6.07) is 14.2. The highest BCUT2D eigenvalue weighted by molar-refractivity contribution is 7.98. The van der Waals surface area contributed by atoms with E-state index in [1.165, 1.54) is 9.60 Å². The summed E-state index contributed by atoms with van der Waals surface area (Å²) in [5, 5.41) is 4.04. The number of nitrogens with zero attached hydrogens (tertiary/aromatic N) is 3. The predicted molar refractivity (Wildman–Crippen MR) is 115 cm³/mol. The Balaban J connectivity index is 1.41. The number of nitrogens with one attached hydrogen (secondary N) is 1. The number of rotatable bonds is 3. The standard InChI is InChI=1S/C20H22N4OS2/c1-14-5-3-6-15(13-14)21-19(25)23-9-11-24(12-10-23)20-22-18-16(26-2)7-4-8-17(18)27-20/h3-8,13H,9-12H2,1-2H3,(H,21,25). The molecule has 0 spiro atoms. The third-order valence-corrected chi connectivity index (χ3v) is 6.55. The van der Waals surface area contributed by atoms with E-state index in [0.717, 1.165) is 35.0 Å². The van der Waals surface area contributed by atoms with Gasteiger partial charge in [-0.3, -0.25) is 0 Å². The normalized spacial score (nSPS) is 14.6. The molecule has 1 N–H and O–H groups in total. The van der Waals surface area contributed by atoms with Gasteiger partial charge in [0.15, 0.2) is 5.13 Å². The smallest absolute Gasteiger partial charge is 0.321 e. The van der Waals surface area contributed by atoms with Crippen LogP contribution in [0.3, 0.4) is 0 Å². The lowest BCUT2D eigenvalue weighted by molar-refractivity contribution is 0.208. The van der Waals surface area contributed by atoms with Crippen molar-refractivity contribution in [3.63, 3.8) is 0 Å². The minimum absolute atomic E-state index is 0.0331. The number of amides is 2. The Morgan fingerprint density at radius 3 is 2.67 bits per heavy atom. The third-order valence-electron chi connectivity index (χ3n) is 4.70. The maximum atomic E-state index is 12.5. The summed E-state index contributed by atoms with van der Waals surface area (Å²) in [4.78, 5) is 22.8. The fourth-order valence-electron chi connectivity index (χ4n) is 3.24. The third kappa shape index (κ3) is 3.89. The molecule has 7 heteroatoms. The zero-order valence-electron chi connectivity index (χ0n) is 15.4. The van der Waals surface area contributed by atoms with Gasteiger partial charge in [0.25, 0.3) is 0 Å². The van der Waals surface area contributed by atoms with Crippen LogP contribution in [-0.2, 0) is 0 Å². The minimum atomic E-state index is -0.0331. The monoisotopic (exact) mass is 398 g/mol. The second kappa shape index (κ2) is 7.78. The molecule has 27 heavy (non-hydrogen) atoms. The molecule has 0 bridgehead atoms. The van der Waals surface area contributed by atoms with Crippen molar-refractivity contribution in [2.75, 3.05) is 42.7 Å². The molecule has 1 fully saturated rings. The lowest BCUT2D eigenvalue weighted by atomic mass is 10.2. The molecule has 1 saturated heterocycles. The number of aromatic nitrogens is 1. The van der Waals surface area contributed by atoms with Gasteiger partial charge in [-0.2, -0.15) is 0 Å². The topological polar surface area (TPSA) is 48.5 Å². The highest BCUT2D eigenvalue weighted by atomic mass is 32.2. The molecule has 1 aromatic heterocycles. The van der Waals surface area contributed by atoms with Gasteiger partial charge in [0, 0.05) is 36.8 Å². The second-order valence-corrected chi connectivity index (χ2v) is 8.43. The first-order chi connectivity index (χ1) is 13.1. The van der Waals surface area contributed by atoms with Gasteiger partial charge in [0.2, 0.25) is 0 Å². The van der Waals surface area contributed by atoms with Crippen molar-refractivity contribution in [1.82, 2.24) is 9.88 Å². The SMILES string of the molecule is CSc1cccc2sc(N3CCN(C(=O)Nc4cccc(C)c4)CC3)nc12. The van der Waals surface area contributed by atoms with Gasteiger partial charge in [0.05, 0.1) is 10.2 Å². The molecule has 0 unspecified atom stereocenters. The maximum Gasteiger partial charge on any atom is 0.321 e. The number of urea groups is 1. The number of benzene rings is 2. The molecule has 1 aliphatic rings. The van der Waals surface area contributed by atoms with Crippen LogP contribution >= 0.6 is 23.1 Å². The summed E-state index contributed by atoms with van der Waals surface area (Å²) in [5.41, 5.74) is 3.07. The number of hydrogen-bond acceptors (Lipinski definition) is 5. The van der Waals surface area contributed by atoms with Gasteiger partial charge in [0.1, 0.15) is 0 Å². The number of carbonyl (C=O) groups excluding carboxylic acids is 1. The van der Waals surface area contributed by atoms with E-state index < -0.39 is 0 Å². The van der Waals surface area contributed by atoms with Crippen molar-refractivity contribution in [3.8, 4) is 0 Å². The van der Waals surface area contributed by atoms with E-state index in [2.05, 4.69) is 34.7 Å². The van der Waals surface area contributed by atoms with Gasteiger partial charge in [-0.25, -0.2) is 9.78 Å². The number of thiazole rings is 1. The Hall–Kier alpha value is -2.25. The van der Waals surface area contributed by atoms with Crippen LogP contribution in [0.5, 0.6) is 0 Å². The van der Waals surface area contributed by atoms with Crippen LogP contribution in [0.15, 0.2) is 47.4 Å². The summed E-state index contributed by atoms with van der Waals surface area (Å²) in [6.07, 6.45) is 2.08. The van der Waals surface area contributed by atoms with Crippen molar-refractivity contribution < 1.29 is 4.79 Å². The molecular formula is C20H22N4OS2. The molecule has 0 atom stereocenters. The lowest BCUT2D eigenvalue weighted by Crippen LogP contribution is -2.50. The van der Waals surface area contributed by atoms with Crippen LogP contribution in [0.4, 0.5) is 15.6 Å². The Bertz CT molecular complexity index is 964. The first kappa shape index (κ1) is 18.1. The van der Waals surface area contributed by atoms with Gasteiger partial charge in [-0.05, 0) is 43.0 Å². The van der Waals surface area contributed by atoms with Crippen LogP contribution in [0, 0.1) is 6.92 Å². The van der Waals surface area contributed by atoms with Crippen molar-refractivity contribution in [2.45, 2.75) is 11.8 Å². The number of aryl methyl sites for hydroxylation is 1. The van der Waals surface area contributed by atoms with Gasteiger partial charge in [-0.15, -0.1) is 11.8 Å². The van der Waals surface area contributed by atoms with Crippen LogP contribution in [0.2, 0.25) is 0 Å². The van der Waals surface area contributed by atoms with E-state index in [1.54, 1.807) is 23.1 Å². The van der Waals surface area contributed by atoms with Gasteiger partial charge < -0.3 is 15.1 Å². The van der Waals surface area contributed by atoms with Crippen LogP contribution < -0.4 is 10.2 Å². The number of anilines is 2. The summed E-state index contributed by atoms with van der Waals surface area (Å²) < 4.78 is 1.22. The van der Waals surface area contributed by atoms with E-state index in [4.69, 9.17) is 4.98 Å². The molecule has 0 saturated carbocycles. The molecule has 1 aliphatic heterocycles. The lowest BCUT2D eigenvalue weighted by Gasteiger charge is -2.34. The van der Waals surface area contributed by atoms with Crippen molar-refractivity contribution in [2.24, 2.45) is 0 Å². The zero-order valence-corrected chi connectivity index (χ0v) is 17.1. The fourth-order valence-corrected chi connectivity index (χ4v) is 4.91. The van der Waals surface area contributed by atoms with Gasteiger partial charge >= 0.3 is 6.03 Å². The van der Waals surface area contributed by atoms with E-state index in [0.29, 0.717) is 13.1 Å². The van der Waals surface area contributed by atoms with E-state index >= 15 is 0 Å². The summed E-state index contributed by atoms with van der Waals surface area (Å²) in [7, 11) is 0. The second-order valence-electron chi connectivity index (χ2n) is 6.58. The number of fused-ring (bicyclic) bond motifs is 1. The molecule has 4 rings (SSSR count). The van der Waals surface area contributed by atoms with E-state index in [9.17, 15) is 4.79 Å². The molecule has 0 radical (unpaired) electrons. The van der Waals surface area contributed by atoms with Crippen LogP contribution in [0.1, 0.15) is 5.56 Å². The number of hydrogen-bond donors (Lipinski definition) is 1. The van der Waals surface area contributed by atoms with E-state index in [-0.39, 0.29) is 6.03 Å². The molecule has 2 heterocycles. The average Bonchev–Trinajstić information content (AvgIpc) is 3.12. The van der Waals surface area contributed by atoms with Crippen molar-refractivity contribution >= 4 is 50.2 Å². The van der Waals surface area contributed by atoms with E-state index in [1.807, 2.05) is 36.1 Å². The highest BCUT2D eigenvalue weighted by Gasteiger charge is 2.23. The molecule has 2 amide bonds. The Morgan fingerprint density at radius 1 is 1.15 bits per heavy atom. The molecule has 3 aromatic rings. The first-order valence-corrected chi connectivity index (χ1v) is 11.0. The Labute approximate surface area is 167 Å². The molecular weight excluding hydrogens is 376 g/mol. The summed E-state index contributed by atoms with van der Waals surface area (Å²) in [6.45, 7) is 5.02. The Morgan fingerprint density at radius 2 is 1.93 bits per heavy atom.